The Labute approximate surface area is 144 Å². The van der Waals surface area contributed by atoms with E-state index < -0.39 is 0 Å². The van der Waals surface area contributed by atoms with E-state index in [0.29, 0.717) is 6.04 Å². The maximum absolute atomic E-state index is 10.1. The lowest BCUT2D eigenvalue weighted by atomic mass is 9.65. The molecule has 4 nitrogen and oxygen atoms in total. The lowest BCUT2D eigenvalue weighted by molar-refractivity contribution is 0.0334. The number of aliphatic hydroxyl groups is 1. The van der Waals surface area contributed by atoms with Crippen LogP contribution in [0.4, 0.5) is 0 Å². The molecule has 3 saturated carbocycles. The molecule has 122 valence electrons. The van der Waals surface area contributed by atoms with Crippen molar-refractivity contribution in [2.45, 2.75) is 68.4 Å². The van der Waals surface area contributed by atoms with E-state index in [0.717, 1.165) is 23.0 Å². The molecule has 0 amide bonds. The highest BCUT2D eigenvalue weighted by atomic mass is 35.5. The van der Waals surface area contributed by atoms with E-state index in [2.05, 4.69) is 27.8 Å². The molecule has 0 bridgehead atoms. The monoisotopic (exact) mass is 349 g/mol. The number of hydrogen-bond acceptors (Lipinski definition) is 4. The molecule has 0 radical (unpaired) electrons. The Morgan fingerprint density at radius 3 is 2.43 bits per heavy atom. The molecule has 2 heterocycles. The van der Waals surface area contributed by atoms with Crippen molar-refractivity contribution in [3.05, 3.63) is 33.0 Å². The SMILES string of the molecule is CC1(c2nnc([C@]3(c4ccc(Cl)s4)C[C@H](O)C3)n2C2CC2)CC1. The van der Waals surface area contributed by atoms with Crippen molar-refractivity contribution in [1.29, 1.82) is 0 Å². The van der Waals surface area contributed by atoms with E-state index >= 15 is 0 Å². The quantitative estimate of drug-likeness (QED) is 0.912. The molecule has 2 aromatic rings. The van der Waals surface area contributed by atoms with Crippen LogP contribution in [0.3, 0.4) is 0 Å². The molecule has 1 N–H and O–H groups in total. The van der Waals surface area contributed by atoms with Gasteiger partial charge in [-0.15, -0.1) is 21.5 Å². The van der Waals surface area contributed by atoms with Crippen molar-refractivity contribution < 1.29 is 5.11 Å². The van der Waals surface area contributed by atoms with Crippen LogP contribution in [-0.4, -0.2) is 26.0 Å². The van der Waals surface area contributed by atoms with Crippen LogP contribution in [0.25, 0.3) is 0 Å². The fourth-order valence-corrected chi connectivity index (χ4v) is 5.18. The summed E-state index contributed by atoms with van der Waals surface area (Å²) in [7, 11) is 0. The Hall–Kier alpha value is -0.910. The van der Waals surface area contributed by atoms with Gasteiger partial charge in [-0.05, 0) is 50.7 Å². The number of nitrogens with zero attached hydrogens (tertiary/aromatic N) is 3. The lowest BCUT2D eigenvalue weighted by Gasteiger charge is -2.44. The molecule has 0 aliphatic heterocycles. The molecular weight excluding hydrogens is 330 g/mol. The second-order valence-electron chi connectivity index (χ2n) is 7.76. The van der Waals surface area contributed by atoms with Crippen LogP contribution >= 0.6 is 22.9 Å². The average molecular weight is 350 g/mol. The van der Waals surface area contributed by atoms with Gasteiger partial charge in [-0.25, -0.2) is 0 Å². The topological polar surface area (TPSA) is 50.9 Å². The molecule has 3 fully saturated rings. The summed E-state index contributed by atoms with van der Waals surface area (Å²) in [5.41, 5.74) is 0.0147. The van der Waals surface area contributed by atoms with Crippen LogP contribution in [-0.2, 0) is 10.8 Å². The molecule has 5 rings (SSSR count). The van der Waals surface area contributed by atoms with E-state index in [4.69, 9.17) is 11.6 Å². The number of thiophene rings is 1. The molecule has 3 aliphatic carbocycles. The molecule has 0 unspecified atom stereocenters. The van der Waals surface area contributed by atoms with Crippen LogP contribution in [0.15, 0.2) is 12.1 Å². The minimum atomic E-state index is -0.250. The smallest absolute Gasteiger partial charge is 0.145 e. The van der Waals surface area contributed by atoms with E-state index in [9.17, 15) is 5.11 Å². The van der Waals surface area contributed by atoms with Crippen LogP contribution in [0.5, 0.6) is 0 Å². The second kappa shape index (κ2) is 4.58. The van der Waals surface area contributed by atoms with Gasteiger partial charge in [-0.2, -0.15) is 0 Å². The zero-order valence-corrected chi connectivity index (χ0v) is 14.7. The molecule has 0 saturated heterocycles. The van der Waals surface area contributed by atoms with Gasteiger partial charge in [0.05, 0.1) is 15.9 Å². The number of halogens is 1. The Bertz CT molecular complexity index is 769. The minimum absolute atomic E-state index is 0.198. The van der Waals surface area contributed by atoms with E-state index in [1.165, 1.54) is 36.4 Å². The Morgan fingerprint density at radius 1 is 1.22 bits per heavy atom. The first kappa shape index (κ1) is 14.4. The van der Waals surface area contributed by atoms with Gasteiger partial charge in [0.15, 0.2) is 0 Å². The van der Waals surface area contributed by atoms with Crippen LogP contribution in [0.1, 0.15) is 68.0 Å². The summed E-state index contributed by atoms with van der Waals surface area (Å²) in [6, 6.07) is 4.61. The van der Waals surface area contributed by atoms with E-state index in [-0.39, 0.29) is 16.9 Å². The first-order valence-electron chi connectivity index (χ1n) is 8.42. The molecule has 0 atom stereocenters. The maximum atomic E-state index is 10.1. The molecular formula is C17H20ClN3OS. The third kappa shape index (κ3) is 2.06. The summed E-state index contributed by atoms with van der Waals surface area (Å²) in [6.07, 6.45) is 6.06. The summed E-state index contributed by atoms with van der Waals surface area (Å²) in [4.78, 5) is 1.22. The van der Waals surface area contributed by atoms with Crippen LogP contribution < -0.4 is 0 Å². The number of aliphatic hydroxyl groups excluding tert-OH is 1. The fraction of sp³-hybridized carbons (Fsp3) is 0.647. The summed E-state index contributed by atoms with van der Waals surface area (Å²) in [5.74, 6) is 2.23. The molecule has 0 aromatic carbocycles. The fourth-order valence-electron chi connectivity index (χ4n) is 3.93. The van der Waals surface area contributed by atoms with Crippen molar-refractivity contribution in [2.75, 3.05) is 0 Å². The van der Waals surface area contributed by atoms with Crippen molar-refractivity contribution in [1.82, 2.24) is 14.8 Å². The summed E-state index contributed by atoms with van der Waals surface area (Å²) < 4.78 is 3.22. The normalized spacial score (nSPS) is 31.9. The van der Waals surface area contributed by atoms with Crippen molar-refractivity contribution in [3.63, 3.8) is 0 Å². The summed E-state index contributed by atoms with van der Waals surface area (Å²) in [6.45, 7) is 2.30. The highest BCUT2D eigenvalue weighted by Gasteiger charge is 2.54. The predicted molar refractivity (Wildman–Crippen MR) is 90.2 cm³/mol. The molecule has 6 heteroatoms. The van der Waals surface area contributed by atoms with E-state index in [1.807, 2.05) is 6.07 Å². The van der Waals surface area contributed by atoms with E-state index in [1.54, 1.807) is 11.3 Å². The number of hydrogen-bond donors (Lipinski definition) is 1. The van der Waals surface area contributed by atoms with Gasteiger partial charge >= 0.3 is 0 Å². The van der Waals surface area contributed by atoms with Gasteiger partial charge in [0.2, 0.25) is 0 Å². The van der Waals surface area contributed by atoms with Crippen LogP contribution in [0.2, 0.25) is 4.34 Å². The third-order valence-corrected chi connectivity index (χ3v) is 7.22. The first-order valence-corrected chi connectivity index (χ1v) is 9.61. The number of aromatic nitrogens is 3. The van der Waals surface area contributed by atoms with Gasteiger partial charge in [-0.1, -0.05) is 18.5 Å². The largest absolute Gasteiger partial charge is 0.393 e. The molecule has 2 aromatic heterocycles. The Morgan fingerprint density at radius 2 is 1.91 bits per heavy atom. The van der Waals surface area contributed by atoms with Gasteiger partial charge in [-0.3, -0.25) is 0 Å². The number of rotatable bonds is 4. The Kier molecular flexibility index (Phi) is 2.88. The average Bonchev–Trinajstić information content (AvgIpc) is 3.38. The summed E-state index contributed by atoms with van der Waals surface area (Å²) >= 11 is 7.80. The maximum Gasteiger partial charge on any atom is 0.145 e. The zero-order valence-electron chi connectivity index (χ0n) is 13.1. The van der Waals surface area contributed by atoms with Gasteiger partial charge in [0.1, 0.15) is 11.6 Å². The van der Waals surface area contributed by atoms with Crippen molar-refractivity contribution in [2.24, 2.45) is 0 Å². The lowest BCUT2D eigenvalue weighted by Crippen LogP contribution is -2.47. The van der Waals surface area contributed by atoms with Gasteiger partial charge < -0.3 is 9.67 Å². The predicted octanol–water partition coefficient (Wildman–Crippen LogP) is 3.82. The summed E-state index contributed by atoms with van der Waals surface area (Å²) in [5, 5.41) is 19.3. The van der Waals surface area contributed by atoms with Crippen molar-refractivity contribution >= 4 is 22.9 Å². The van der Waals surface area contributed by atoms with Gasteiger partial charge in [0, 0.05) is 16.3 Å². The molecule has 3 aliphatic rings. The second-order valence-corrected chi connectivity index (χ2v) is 9.47. The highest BCUT2D eigenvalue weighted by molar-refractivity contribution is 7.16. The highest BCUT2D eigenvalue weighted by Crippen LogP contribution is 2.55. The van der Waals surface area contributed by atoms with Crippen LogP contribution in [0, 0.1) is 0 Å². The first-order chi connectivity index (χ1) is 11.0. The third-order valence-electron chi connectivity index (χ3n) is 5.79. The Balaban J connectivity index is 1.66. The molecule has 0 spiro atoms. The minimum Gasteiger partial charge on any atom is -0.393 e. The zero-order chi connectivity index (χ0) is 15.8. The molecule has 23 heavy (non-hydrogen) atoms. The van der Waals surface area contributed by atoms with Gasteiger partial charge in [0.25, 0.3) is 0 Å². The van der Waals surface area contributed by atoms with Crippen molar-refractivity contribution in [3.8, 4) is 0 Å². The standard InChI is InChI=1S/C17H20ClN3OS/c1-16(6-7-16)14-19-20-15(21(14)10-2-3-10)17(8-11(22)9-17)12-4-5-13(18)23-12/h4-5,10-11,22H,2-3,6-9H2,1H3/t11-,17+.